The number of ether oxygens (including phenoxy) is 2. The van der Waals surface area contributed by atoms with Gasteiger partial charge in [-0.3, -0.25) is 14.2 Å². The van der Waals surface area contributed by atoms with Crippen LogP contribution in [0, 0.1) is 0 Å². The van der Waals surface area contributed by atoms with Gasteiger partial charge in [-0.15, -0.1) is 5.10 Å². The summed E-state index contributed by atoms with van der Waals surface area (Å²) in [4.78, 5) is 31.9. The molecular formula is C32H28Cl2N6O4. The molecule has 224 valence electrons. The largest absolute Gasteiger partial charge is 0.490 e. The number of carbonyl (C=O) groups excluding carboxylic acids is 1. The molecule has 3 heterocycles. The molecule has 1 saturated heterocycles. The summed E-state index contributed by atoms with van der Waals surface area (Å²) >= 11 is 12.3. The van der Waals surface area contributed by atoms with Gasteiger partial charge < -0.3 is 14.8 Å². The summed E-state index contributed by atoms with van der Waals surface area (Å²) in [6.45, 7) is 1.38. The van der Waals surface area contributed by atoms with Gasteiger partial charge in [-0.1, -0.05) is 58.7 Å². The molecule has 1 amide bonds. The van der Waals surface area contributed by atoms with Gasteiger partial charge in [-0.25, -0.2) is 9.67 Å². The zero-order chi connectivity index (χ0) is 30.5. The molecule has 3 aromatic carbocycles. The van der Waals surface area contributed by atoms with Gasteiger partial charge in [0.1, 0.15) is 17.9 Å². The van der Waals surface area contributed by atoms with E-state index in [0.29, 0.717) is 40.9 Å². The number of rotatable bonds is 9. The molecule has 6 rings (SSSR count). The molecule has 10 nitrogen and oxygen atoms in total. The third-order valence-corrected chi connectivity index (χ3v) is 7.69. The Balaban J connectivity index is 1.27. The molecule has 1 fully saturated rings. The first-order valence-electron chi connectivity index (χ1n) is 14.1. The summed E-state index contributed by atoms with van der Waals surface area (Å²) in [5, 5.41) is 11.5. The molecule has 0 radical (unpaired) electrons. The molecule has 2 aromatic heterocycles. The van der Waals surface area contributed by atoms with E-state index in [1.54, 1.807) is 36.5 Å². The first-order chi connectivity index (χ1) is 21.4. The fourth-order valence-corrected chi connectivity index (χ4v) is 5.35. The van der Waals surface area contributed by atoms with Crippen molar-refractivity contribution in [3.8, 4) is 22.7 Å². The van der Waals surface area contributed by atoms with Gasteiger partial charge in [0.15, 0.2) is 5.15 Å². The van der Waals surface area contributed by atoms with Crippen LogP contribution in [0.25, 0.3) is 16.9 Å². The fourth-order valence-electron chi connectivity index (χ4n) is 5.05. The molecule has 0 unspecified atom stereocenters. The quantitative estimate of drug-likeness (QED) is 0.220. The maximum atomic E-state index is 13.7. The van der Waals surface area contributed by atoms with E-state index in [9.17, 15) is 9.59 Å². The summed E-state index contributed by atoms with van der Waals surface area (Å²) in [7, 11) is 0. The number of carbonyl (C=O) groups is 1. The average molecular weight is 632 g/mol. The van der Waals surface area contributed by atoms with Crippen molar-refractivity contribution in [2.75, 3.05) is 18.5 Å². The average Bonchev–Trinajstić information content (AvgIpc) is 3.48. The van der Waals surface area contributed by atoms with Crippen molar-refractivity contribution in [3.63, 3.8) is 0 Å². The molecule has 1 N–H and O–H groups in total. The van der Waals surface area contributed by atoms with Crippen LogP contribution in [-0.2, 0) is 16.0 Å². The molecule has 1 aliphatic heterocycles. The van der Waals surface area contributed by atoms with Crippen LogP contribution in [0.1, 0.15) is 24.4 Å². The number of hydrogen-bond acceptors (Lipinski definition) is 7. The Labute approximate surface area is 263 Å². The second kappa shape index (κ2) is 13.4. The van der Waals surface area contributed by atoms with Crippen molar-refractivity contribution >= 4 is 34.8 Å². The van der Waals surface area contributed by atoms with Crippen molar-refractivity contribution < 1.29 is 14.3 Å². The minimum atomic E-state index is -0.877. The molecule has 0 bridgehead atoms. The van der Waals surface area contributed by atoms with E-state index in [0.717, 1.165) is 24.2 Å². The van der Waals surface area contributed by atoms with Gasteiger partial charge in [0.25, 0.3) is 5.56 Å². The third-order valence-electron chi connectivity index (χ3n) is 7.29. The molecular weight excluding hydrogens is 603 g/mol. The van der Waals surface area contributed by atoms with Gasteiger partial charge in [0.2, 0.25) is 5.91 Å². The van der Waals surface area contributed by atoms with E-state index in [4.69, 9.17) is 32.7 Å². The van der Waals surface area contributed by atoms with Gasteiger partial charge in [-0.05, 0) is 48.0 Å². The van der Waals surface area contributed by atoms with Crippen molar-refractivity contribution in [2.24, 2.45) is 0 Å². The van der Waals surface area contributed by atoms with Crippen molar-refractivity contribution in [1.29, 1.82) is 0 Å². The Morgan fingerprint density at radius 2 is 1.80 bits per heavy atom. The number of benzene rings is 3. The lowest BCUT2D eigenvalue weighted by atomic mass is 10.0. The van der Waals surface area contributed by atoms with Crippen LogP contribution in [0.15, 0.2) is 96.2 Å². The van der Waals surface area contributed by atoms with E-state index < -0.39 is 11.6 Å². The number of halogens is 2. The molecule has 1 atom stereocenters. The highest BCUT2D eigenvalue weighted by atomic mass is 35.5. The Morgan fingerprint density at radius 3 is 2.50 bits per heavy atom. The predicted molar refractivity (Wildman–Crippen MR) is 168 cm³/mol. The van der Waals surface area contributed by atoms with Crippen LogP contribution in [0.5, 0.6) is 5.75 Å². The second-order valence-electron chi connectivity index (χ2n) is 10.3. The Hall–Kier alpha value is -4.51. The predicted octanol–water partition coefficient (Wildman–Crippen LogP) is 5.78. The highest BCUT2D eigenvalue weighted by Gasteiger charge is 2.24. The zero-order valence-electron chi connectivity index (χ0n) is 23.5. The first kappa shape index (κ1) is 29.6. The minimum absolute atomic E-state index is 0.110. The van der Waals surface area contributed by atoms with Crippen LogP contribution in [-0.4, -0.2) is 49.8 Å². The van der Waals surface area contributed by atoms with Crippen molar-refractivity contribution in [2.45, 2.75) is 31.4 Å². The van der Waals surface area contributed by atoms with Gasteiger partial charge in [-0.2, -0.15) is 0 Å². The normalized spacial score (nSPS) is 14.2. The van der Waals surface area contributed by atoms with Crippen LogP contribution < -0.4 is 15.6 Å². The number of nitrogens with one attached hydrogen (secondary N) is 1. The molecule has 0 saturated carbocycles. The second-order valence-corrected chi connectivity index (χ2v) is 11.1. The van der Waals surface area contributed by atoms with Crippen LogP contribution in [0.4, 0.5) is 5.69 Å². The van der Waals surface area contributed by atoms with E-state index in [-0.39, 0.29) is 23.6 Å². The summed E-state index contributed by atoms with van der Waals surface area (Å²) in [6.07, 6.45) is 4.99. The van der Waals surface area contributed by atoms with Crippen molar-refractivity contribution in [3.05, 3.63) is 117 Å². The smallest absolute Gasteiger partial charge is 0.254 e. The lowest BCUT2D eigenvalue weighted by Crippen LogP contribution is -2.34. The van der Waals surface area contributed by atoms with Gasteiger partial charge in [0, 0.05) is 41.6 Å². The van der Waals surface area contributed by atoms with Gasteiger partial charge >= 0.3 is 0 Å². The van der Waals surface area contributed by atoms with Gasteiger partial charge in [0.05, 0.1) is 37.1 Å². The first-order valence-corrected chi connectivity index (χ1v) is 14.8. The molecule has 0 aliphatic carbocycles. The Morgan fingerprint density at radius 1 is 1.02 bits per heavy atom. The third kappa shape index (κ3) is 6.99. The van der Waals surface area contributed by atoms with Crippen molar-refractivity contribution in [1.82, 2.24) is 24.5 Å². The molecule has 5 aromatic rings. The van der Waals surface area contributed by atoms with E-state index >= 15 is 0 Å². The summed E-state index contributed by atoms with van der Waals surface area (Å²) in [6, 6.07) is 22.3. The molecule has 44 heavy (non-hydrogen) atoms. The SMILES string of the molecule is O=C(Nc1ccc(OC2CCOCC2)cc1)[C@H](Cc1ccccc1)n1cnc(-c2cc(Cl)ccc2-n2cc(Cl)nn2)cc1=O. The molecule has 12 heteroatoms. The number of amides is 1. The van der Waals surface area contributed by atoms with E-state index in [2.05, 4.69) is 20.6 Å². The summed E-state index contributed by atoms with van der Waals surface area (Å²) in [5.41, 5.74) is 2.56. The maximum absolute atomic E-state index is 13.7. The molecule has 0 spiro atoms. The number of aromatic nitrogens is 5. The standard InChI is InChI=1S/C32H28Cl2N6O4/c33-22-6-11-28(40-19-30(34)37-38-40)26(17-22)27-18-31(41)39(20-35-27)29(16-21-4-2-1-3-5-21)32(42)36-23-7-9-24(10-8-23)44-25-12-14-43-15-13-25/h1-11,17-20,25,29H,12-16H2,(H,36,42)/t29-/m0/s1. The van der Waals surface area contributed by atoms with E-state index in [1.165, 1.54) is 21.6 Å². The highest BCUT2D eigenvalue weighted by Crippen LogP contribution is 2.28. The lowest BCUT2D eigenvalue weighted by Gasteiger charge is -2.23. The number of hydrogen-bond donors (Lipinski definition) is 1. The summed E-state index contributed by atoms with van der Waals surface area (Å²) in [5.74, 6) is 0.365. The topological polar surface area (TPSA) is 113 Å². The number of anilines is 1. The Kier molecular flexibility index (Phi) is 9.02. The lowest BCUT2D eigenvalue weighted by molar-refractivity contribution is -0.119. The number of nitrogens with zero attached hydrogens (tertiary/aromatic N) is 5. The van der Waals surface area contributed by atoms with E-state index in [1.807, 2.05) is 42.5 Å². The van der Waals surface area contributed by atoms with Crippen LogP contribution in [0.2, 0.25) is 10.2 Å². The zero-order valence-corrected chi connectivity index (χ0v) is 25.0. The fraction of sp³-hybridized carbons (Fsp3) is 0.219. The maximum Gasteiger partial charge on any atom is 0.254 e. The Bertz CT molecular complexity index is 1800. The van der Waals surface area contributed by atoms with Crippen LogP contribution >= 0.6 is 23.2 Å². The molecule has 1 aliphatic rings. The van der Waals surface area contributed by atoms with Crippen LogP contribution in [0.3, 0.4) is 0 Å². The summed E-state index contributed by atoms with van der Waals surface area (Å²) < 4.78 is 14.3. The minimum Gasteiger partial charge on any atom is -0.490 e. The highest BCUT2D eigenvalue weighted by molar-refractivity contribution is 6.31. The monoisotopic (exact) mass is 630 g/mol.